The zero-order valence-corrected chi connectivity index (χ0v) is 16.8. The molecule has 148 valence electrons. The number of amides is 1. The Bertz CT molecular complexity index is 987. The molecular formula is C22H28N4O2. The summed E-state index contributed by atoms with van der Waals surface area (Å²) in [7, 11) is 1.73. The highest BCUT2D eigenvalue weighted by atomic mass is 16.2. The minimum absolute atomic E-state index is 0.0138. The molecule has 0 aliphatic carbocycles. The Kier molecular flexibility index (Phi) is 6.31. The zero-order valence-electron chi connectivity index (χ0n) is 16.8. The van der Waals surface area contributed by atoms with Crippen LogP contribution in [-0.4, -0.2) is 39.6 Å². The molecule has 1 unspecified atom stereocenters. The normalized spacial score (nSPS) is 12.4. The quantitative estimate of drug-likeness (QED) is 0.653. The molecule has 0 aliphatic heterocycles. The molecule has 28 heavy (non-hydrogen) atoms. The molecule has 1 amide bonds. The average Bonchev–Trinajstić information content (AvgIpc) is 2.97. The monoisotopic (exact) mass is 380 g/mol. The van der Waals surface area contributed by atoms with E-state index in [4.69, 9.17) is 0 Å². The molecule has 1 heterocycles. The summed E-state index contributed by atoms with van der Waals surface area (Å²) in [6.07, 6.45) is 0. The number of aryl methyl sites for hydroxylation is 1. The van der Waals surface area contributed by atoms with Gasteiger partial charge in [0.1, 0.15) is 6.54 Å². The summed E-state index contributed by atoms with van der Waals surface area (Å²) in [6, 6.07) is 17.8. The lowest BCUT2D eigenvalue weighted by molar-refractivity contribution is -0.121. The summed E-state index contributed by atoms with van der Waals surface area (Å²) >= 11 is 0. The molecule has 0 saturated heterocycles. The van der Waals surface area contributed by atoms with Crippen molar-refractivity contribution in [3.63, 3.8) is 0 Å². The molecule has 0 radical (unpaired) electrons. The fraction of sp³-hybridized carbons (Fsp3) is 0.364. The fourth-order valence-corrected chi connectivity index (χ4v) is 3.72. The van der Waals surface area contributed by atoms with Crippen molar-refractivity contribution in [1.29, 1.82) is 0 Å². The number of nitrogens with one attached hydrogen (secondary N) is 1. The van der Waals surface area contributed by atoms with Gasteiger partial charge in [0.05, 0.1) is 17.1 Å². The Morgan fingerprint density at radius 2 is 1.61 bits per heavy atom. The third-order valence-corrected chi connectivity index (χ3v) is 5.28. The van der Waals surface area contributed by atoms with Gasteiger partial charge in [-0.05, 0) is 30.8 Å². The summed E-state index contributed by atoms with van der Waals surface area (Å²) in [5.74, 6) is -0.161. The van der Waals surface area contributed by atoms with Gasteiger partial charge in [-0.15, -0.1) is 0 Å². The molecule has 1 N–H and O–H groups in total. The first-order chi connectivity index (χ1) is 13.6. The van der Waals surface area contributed by atoms with Crippen molar-refractivity contribution in [2.45, 2.75) is 26.4 Å². The van der Waals surface area contributed by atoms with E-state index in [1.54, 1.807) is 11.6 Å². The van der Waals surface area contributed by atoms with Crippen LogP contribution in [0.2, 0.25) is 0 Å². The number of nitrogens with zero attached hydrogens (tertiary/aromatic N) is 3. The zero-order chi connectivity index (χ0) is 20.1. The van der Waals surface area contributed by atoms with Gasteiger partial charge in [0.25, 0.3) is 0 Å². The molecule has 1 aromatic heterocycles. The number of aromatic nitrogens is 2. The van der Waals surface area contributed by atoms with E-state index in [0.29, 0.717) is 6.54 Å². The van der Waals surface area contributed by atoms with Gasteiger partial charge in [0, 0.05) is 13.6 Å². The Hall–Kier alpha value is -2.86. The molecule has 3 rings (SSSR count). The highest BCUT2D eigenvalue weighted by molar-refractivity contribution is 5.80. The fourth-order valence-electron chi connectivity index (χ4n) is 3.72. The lowest BCUT2D eigenvalue weighted by Crippen LogP contribution is -2.40. The van der Waals surface area contributed by atoms with E-state index in [9.17, 15) is 9.59 Å². The highest BCUT2D eigenvalue weighted by Crippen LogP contribution is 2.19. The van der Waals surface area contributed by atoms with Gasteiger partial charge in [-0.3, -0.25) is 18.8 Å². The average molecular weight is 380 g/mol. The number of para-hydroxylation sites is 2. The molecule has 2 aromatic carbocycles. The number of fused-ring (bicyclic) bond motifs is 1. The second kappa shape index (κ2) is 8.89. The van der Waals surface area contributed by atoms with Crippen LogP contribution in [0.25, 0.3) is 11.0 Å². The van der Waals surface area contributed by atoms with Crippen LogP contribution in [0.1, 0.15) is 25.5 Å². The Balaban J connectivity index is 1.76. The highest BCUT2D eigenvalue weighted by Gasteiger charge is 2.19. The van der Waals surface area contributed by atoms with Crippen molar-refractivity contribution < 1.29 is 4.79 Å². The van der Waals surface area contributed by atoms with E-state index in [0.717, 1.165) is 24.1 Å². The lowest BCUT2D eigenvalue weighted by Gasteiger charge is -2.30. The van der Waals surface area contributed by atoms with Crippen molar-refractivity contribution >= 4 is 16.9 Å². The van der Waals surface area contributed by atoms with Crippen LogP contribution in [0, 0.1) is 0 Å². The van der Waals surface area contributed by atoms with Crippen molar-refractivity contribution in [1.82, 2.24) is 19.4 Å². The molecule has 6 heteroatoms. The lowest BCUT2D eigenvalue weighted by atomic mass is 10.1. The van der Waals surface area contributed by atoms with E-state index in [1.165, 1.54) is 10.1 Å². The summed E-state index contributed by atoms with van der Waals surface area (Å²) in [4.78, 5) is 27.5. The van der Waals surface area contributed by atoms with Crippen LogP contribution < -0.4 is 11.0 Å². The maximum absolute atomic E-state index is 12.7. The number of imidazole rings is 1. The first-order valence-corrected chi connectivity index (χ1v) is 9.76. The third-order valence-electron chi connectivity index (χ3n) is 5.28. The molecule has 3 aromatic rings. The Labute approximate surface area is 165 Å². The summed E-state index contributed by atoms with van der Waals surface area (Å²) < 4.78 is 3.10. The number of carbonyl (C=O) groups is 1. The van der Waals surface area contributed by atoms with Gasteiger partial charge in [-0.25, -0.2) is 4.79 Å². The first kappa shape index (κ1) is 19.9. The maximum Gasteiger partial charge on any atom is 0.329 e. The van der Waals surface area contributed by atoms with E-state index < -0.39 is 0 Å². The van der Waals surface area contributed by atoms with Crippen LogP contribution >= 0.6 is 0 Å². The standard InChI is InChI=1S/C22H28N4O2/c1-4-25(5-2)20(17-11-7-6-8-12-17)15-23-21(27)16-26-19-14-10-9-13-18(19)24(3)22(26)28/h6-14,20H,4-5,15-16H2,1-3H3,(H,23,27). The van der Waals surface area contributed by atoms with E-state index in [-0.39, 0.29) is 24.2 Å². The number of carbonyl (C=O) groups excluding carboxylic acids is 1. The van der Waals surface area contributed by atoms with Crippen LogP contribution in [0.3, 0.4) is 0 Å². The summed E-state index contributed by atoms with van der Waals surface area (Å²) in [5, 5.41) is 3.03. The second-order valence-electron chi connectivity index (χ2n) is 6.87. The number of rotatable bonds is 8. The first-order valence-electron chi connectivity index (χ1n) is 9.76. The van der Waals surface area contributed by atoms with Gasteiger partial charge >= 0.3 is 5.69 Å². The van der Waals surface area contributed by atoms with Crippen molar-refractivity contribution in [3.8, 4) is 0 Å². The van der Waals surface area contributed by atoms with Crippen LogP contribution in [-0.2, 0) is 18.4 Å². The molecule has 0 saturated carbocycles. The molecule has 0 spiro atoms. The van der Waals surface area contributed by atoms with Gasteiger partial charge in [-0.2, -0.15) is 0 Å². The van der Waals surface area contributed by atoms with E-state index >= 15 is 0 Å². The molecule has 0 bridgehead atoms. The SMILES string of the molecule is CCN(CC)C(CNC(=O)Cn1c(=O)n(C)c2ccccc21)c1ccccc1. The third kappa shape index (κ3) is 4.02. The van der Waals surface area contributed by atoms with Crippen LogP contribution in [0.4, 0.5) is 0 Å². The van der Waals surface area contributed by atoms with Crippen LogP contribution in [0.5, 0.6) is 0 Å². The molecule has 0 fully saturated rings. The van der Waals surface area contributed by atoms with Gasteiger partial charge in [0.15, 0.2) is 0 Å². The molecule has 1 atom stereocenters. The maximum atomic E-state index is 12.7. The predicted octanol–water partition coefficient (Wildman–Crippen LogP) is 2.54. The van der Waals surface area contributed by atoms with Crippen molar-refractivity contribution in [2.24, 2.45) is 7.05 Å². The van der Waals surface area contributed by atoms with E-state index in [2.05, 4.69) is 36.2 Å². The molecular weight excluding hydrogens is 352 g/mol. The molecule has 0 aliphatic rings. The summed E-state index contributed by atoms with van der Waals surface area (Å²) in [5.41, 5.74) is 2.59. The van der Waals surface area contributed by atoms with Crippen molar-refractivity contribution in [3.05, 3.63) is 70.6 Å². The minimum atomic E-state index is -0.181. The van der Waals surface area contributed by atoms with E-state index in [1.807, 2.05) is 42.5 Å². The van der Waals surface area contributed by atoms with Gasteiger partial charge < -0.3 is 5.32 Å². The number of hydrogen-bond donors (Lipinski definition) is 1. The largest absolute Gasteiger partial charge is 0.353 e. The van der Waals surface area contributed by atoms with Gasteiger partial charge in [-0.1, -0.05) is 56.3 Å². The number of hydrogen-bond acceptors (Lipinski definition) is 3. The summed E-state index contributed by atoms with van der Waals surface area (Å²) in [6.45, 7) is 6.56. The van der Waals surface area contributed by atoms with Crippen molar-refractivity contribution in [2.75, 3.05) is 19.6 Å². The minimum Gasteiger partial charge on any atom is -0.353 e. The van der Waals surface area contributed by atoms with Gasteiger partial charge in [0.2, 0.25) is 5.91 Å². The number of likely N-dealkylation sites (N-methyl/N-ethyl adjacent to an activating group) is 1. The topological polar surface area (TPSA) is 59.3 Å². The smallest absolute Gasteiger partial charge is 0.329 e. The predicted molar refractivity (Wildman–Crippen MR) is 112 cm³/mol. The number of benzene rings is 2. The second-order valence-corrected chi connectivity index (χ2v) is 6.87. The molecule has 6 nitrogen and oxygen atoms in total. The van der Waals surface area contributed by atoms with Crippen LogP contribution in [0.15, 0.2) is 59.4 Å². The Morgan fingerprint density at radius 3 is 2.25 bits per heavy atom. The Morgan fingerprint density at radius 1 is 1.00 bits per heavy atom.